The van der Waals surface area contributed by atoms with Crippen molar-refractivity contribution < 1.29 is 9.13 Å². The molecular formula is C23H32O2P2. The van der Waals surface area contributed by atoms with E-state index in [0.29, 0.717) is 0 Å². The number of allylic oxidation sites excluding steroid dienone is 8. The fraction of sp³-hybridized carbons (Fsp3) is 0.652. The minimum Gasteiger partial charge on any atom is -0.314 e. The Labute approximate surface area is 164 Å². The Balaban J connectivity index is 1.94. The molecule has 6 atom stereocenters. The first-order valence-electron chi connectivity index (χ1n) is 10.3. The minimum absolute atomic E-state index is 0.101. The van der Waals surface area contributed by atoms with Gasteiger partial charge in [-0.2, -0.15) is 0 Å². The quantitative estimate of drug-likeness (QED) is 0.389. The molecule has 0 aromatic rings. The number of rotatable bonds is 0. The van der Waals surface area contributed by atoms with Crippen LogP contribution >= 0.6 is 14.3 Å². The van der Waals surface area contributed by atoms with Gasteiger partial charge in [0.15, 0.2) is 0 Å². The van der Waals surface area contributed by atoms with Crippen molar-refractivity contribution in [3.8, 4) is 0 Å². The summed E-state index contributed by atoms with van der Waals surface area (Å²) in [5.74, 6) is 0. The Morgan fingerprint density at radius 1 is 0.667 bits per heavy atom. The lowest BCUT2D eigenvalue weighted by molar-refractivity contribution is 0.327. The second kappa shape index (κ2) is 4.29. The van der Waals surface area contributed by atoms with Crippen molar-refractivity contribution >= 4 is 14.3 Å². The van der Waals surface area contributed by atoms with Gasteiger partial charge >= 0.3 is 0 Å². The number of hydrogen-bond acceptors (Lipinski definition) is 2. The molecule has 0 spiro atoms. The smallest absolute Gasteiger partial charge is 0.143 e. The van der Waals surface area contributed by atoms with Crippen LogP contribution in [-0.2, 0) is 9.13 Å². The maximum absolute atomic E-state index is 14.7. The van der Waals surface area contributed by atoms with Crippen LogP contribution in [0, 0.1) is 16.2 Å². The SMILES string of the molecule is CC1=C(C)[P@@]2(=O)C3=C(C(C)(C)C4=C3[P@@]3(=O)C(C)=C(C)[C@]4(C)C3C)[C@]1(C)C2C. The fourth-order valence-corrected chi connectivity index (χ4v) is 17.7. The molecule has 0 amide bonds. The third kappa shape index (κ3) is 1.30. The zero-order valence-corrected chi connectivity index (χ0v) is 20.2. The van der Waals surface area contributed by atoms with E-state index in [9.17, 15) is 9.13 Å². The van der Waals surface area contributed by atoms with Gasteiger partial charge in [-0.3, -0.25) is 0 Å². The second-order valence-electron chi connectivity index (χ2n) is 10.6. The largest absolute Gasteiger partial charge is 0.314 e. The van der Waals surface area contributed by atoms with E-state index in [4.69, 9.17) is 0 Å². The predicted molar refractivity (Wildman–Crippen MR) is 115 cm³/mol. The molecule has 0 saturated heterocycles. The van der Waals surface area contributed by atoms with Crippen molar-refractivity contribution in [3.63, 3.8) is 0 Å². The van der Waals surface area contributed by atoms with Crippen LogP contribution in [0.15, 0.2) is 43.5 Å². The van der Waals surface area contributed by atoms with Gasteiger partial charge in [-0.05, 0) is 49.5 Å². The molecule has 0 aromatic heterocycles. The zero-order valence-electron chi connectivity index (χ0n) is 18.4. The van der Waals surface area contributed by atoms with Crippen LogP contribution in [0.3, 0.4) is 0 Å². The lowest BCUT2D eigenvalue weighted by atomic mass is 9.58. The molecule has 5 rings (SSSR count). The Bertz CT molecular complexity index is 1020. The van der Waals surface area contributed by atoms with Crippen LogP contribution in [0.5, 0.6) is 0 Å². The molecule has 2 unspecified atom stereocenters. The summed E-state index contributed by atoms with van der Waals surface area (Å²) in [5, 5.41) is 4.30. The van der Waals surface area contributed by atoms with Crippen LogP contribution in [0.25, 0.3) is 0 Å². The van der Waals surface area contributed by atoms with Crippen molar-refractivity contribution in [1.29, 1.82) is 0 Å². The summed E-state index contributed by atoms with van der Waals surface area (Å²) >= 11 is 0. The molecule has 0 N–H and O–H groups in total. The van der Waals surface area contributed by atoms with E-state index in [-0.39, 0.29) is 27.6 Å². The van der Waals surface area contributed by atoms with Crippen LogP contribution in [0.4, 0.5) is 0 Å². The Kier molecular flexibility index (Phi) is 2.93. The number of hydrogen-bond donors (Lipinski definition) is 0. The molecule has 0 fully saturated rings. The molecule has 4 heteroatoms. The summed E-state index contributed by atoms with van der Waals surface area (Å²) in [5.41, 5.74) is 4.99. The van der Waals surface area contributed by atoms with E-state index in [0.717, 1.165) is 21.3 Å². The van der Waals surface area contributed by atoms with Gasteiger partial charge in [-0.25, -0.2) is 0 Å². The predicted octanol–water partition coefficient (Wildman–Crippen LogP) is 7.69. The maximum Gasteiger partial charge on any atom is 0.143 e. The average molecular weight is 402 g/mol. The molecule has 5 aliphatic rings. The van der Waals surface area contributed by atoms with Gasteiger partial charge in [0.2, 0.25) is 0 Å². The molecule has 1 aliphatic carbocycles. The van der Waals surface area contributed by atoms with Gasteiger partial charge < -0.3 is 9.13 Å². The molecular weight excluding hydrogens is 370 g/mol. The molecule has 27 heavy (non-hydrogen) atoms. The van der Waals surface area contributed by atoms with Gasteiger partial charge in [0.25, 0.3) is 0 Å². The highest BCUT2D eigenvalue weighted by Crippen LogP contribution is 2.96. The van der Waals surface area contributed by atoms with Gasteiger partial charge in [0.05, 0.1) is 0 Å². The summed E-state index contributed by atoms with van der Waals surface area (Å²) in [4.78, 5) is 0. The van der Waals surface area contributed by atoms with E-state index < -0.39 is 14.3 Å². The van der Waals surface area contributed by atoms with E-state index in [1.165, 1.54) is 22.3 Å². The standard InChI is InChI=1S/C23H32O2P2/c1-11-13(3)26(24)15(5)22(11,9)19-17(26)18-20(21(19,7)8)23(10)12(2)14(4)27(18,25)16(23)6/h15-16H,1-10H3/t15?,16?,22-,23+,26-,27+. The third-order valence-corrected chi connectivity index (χ3v) is 18.3. The maximum atomic E-state index is 14.7. The lowest BCUT2D eigenvalue weighted by Gasteiger charge is -2.44. The topological polar surface area (TPSA) is 34.1 Å². The number of fused-ring (bicyclic) bond motifs is 9. The Hall–Kier alpha value is -0.580. The average Bonchev–Trinajstić information content (AvgIpc) is 3.13. The zero-order chi connectivity index (χ0) is 20.3. The summed E-state index contributed by atoms with van der Waals surface area (Å²) in [6.45, 7) is 22.1. The Morgan fingerprint density at radius 3 is 1.26 bits per heavy atom. The summed E-state index contributed by atoms with van der Waals surface area (Å²) < 4.78 is 29.4. The monoisotopic (exact) mass is 402 g/mol. The van der Waals surface area contributed by atoms with E-state index >= 15 is 0 Å². The van der Waals surface area contributed by atoms with Crippen LogP contribution in [0.1, 0.15) is 69.2 Å². The van der Waals surface area contributed by atoms with Crippen molar-refractivity contribution in [3.05, 3.63) is 43.5 Å². The fourth-order valence-electron chi connectivity index (χ4n) is 8.09. The normalized spacial score (nSPS) is 51.9. The van der Waals surface area contributed by atoms with Crippen molar-refractivity contribution in [2.24, 2.45) is 16.2 Å². The minimum atomic E-state index is -2.70. The van der Waals surface area contributed by atoms with Crippen LogP contribution in [-0.4, -0.2) is 11.3 Å². The molecule has 4 bridgehead atoms. The molecule has 0 aromatic carbocycles. The molecule has 146 valence electrons. The molecule has 0 saturated carbocycles. The van der Waals surface area contributed by atoms with Crippen LogP contribution < -0.4 is 0 Å². The highest BCUT2D eigenvalue weighted by molar-refractivity contribution is 7.79. The van der Waals surface area contributed by atoms with Gasteiger partial charge in [-0.1, -0.05) is 52.7 Å². The summed E-state index contributed by atoms with van der Waals surface area (Å²) in [7, 11) is -5.41. The first-order valence-corrected chi connectivity index (χ1v) is 13.8. The lowest BCUT2D eigenvalue weighted by Crippen LogP contribution is -2.38. The van der Waals surface area contributed by atoms with Crippen molar-refractivity contribution in [2.75, 3.05) is 0 Å². The van der Waals surface area contributed by atoms with Gasteiger partial charge in [0, 0.05) is 38.2 Å². The summed E-state index contributed by atoms with van der Waals surface area (Å²) in [6.07, 6.45) is 0. The highest BCUT2D eigenvalue weighted by Gasteiger charge is 2.76. The van der Waals surface area contributed by atoms with Crippen molar-refractivity contribution in [1.82, 2.24) is 0 Å². The van der Waals surface area contributed by atoms with Gasteiger partial charge in [-0.15, -0.1) is 0 Å². The Morgan fingerprint density at radius 2 is 0.963 bits per heavy atom. The van der Waals surface area contributed by atoms with E-state index in [1.54, 1.807) is 0 Å². The van der Waals surface area contributed by atoms with E-state index in [2.05, 4.69) is 69.2 Å². The first kappa shape index (κ1) is 18.4. The second-order valence-corrected chi connectivity index (χ2v) is 17.0. The van der Waals surface area contributed by atoms with Crippen LogP contribution in [0.2, 0.25) is 0 Å². The summed E-state index contributed by atoms with van der Waals surface area (Å²) in [6, 6.07) is 0. The third-order valence-electron chi connectivity index (χ3n) is 10.1. The highest BCUT2D eigenvalue weighted by atomic mass is 31.2. The molecule has 4 heterocycles. The van der Waals surface area contributed by atoms with Gasteiger partial charge in [0.1, 0.15) is 14.3 Å². The van der Waals surface area contributed by atoms with Crippen molar-refractivity contribution in [2.45, 2.75) is 80.6 Å². The molecule has 2 nitrogen and oxygen atoms in total. The molecule has 0 radical (unpaired) electrons. The van der Waals surface area contributed by atoms with E-state index in [1.807, 2.05) is 0 Å². The molecule has 4 aliphatic heterocycles. The first-order chi connectivity index (χ1) is 12.2.